The number of anilines is 2. The first-order valence-corrected chi connectivity index (χ1v) is 9.12. The van der Waals surface area contributed by atoms with Crippen LogP contribution < -0.4 is 19.7 Å². The molecular weight excluding hydrogens is 344 g/mol. The minimum absolute atomic E-state index is 0.143. The van der Waals surface area contributed by atoms with Gasteiger partial charge in [0.2, 0.25) is 5.91 Å². The Hall–Kier alpha value is -3.02. The van der Waals surface area contributed by atoms with Crippen molar-refractivity contribution in [3.63, 3.8) is 0 Å². The predicted molar refractivity (Wildman–Crippen MR) is 104 cm³/mol. The minimum atomic E-state index is -0.614. The molecule has 0 bridgehead atoms. The minimum Gasteiger partial charge on any atom is -0.497 e. The Balaban J connectivity index is 1.63. The number of amides is 2. The van der Waals surface area contributed by atoms with E-state index in [0.717, 1.165) is 18.7 Å². The Morgan fingerprint density at radius 2 is 1.93 bits per heavy atom. The fourth-order valence-electron chi connectivity index (χ4n) is 3.03. The SMILES string of the molecule is CCC(Oc1cccc(OC)c1)C(=O)Nc1ccc(N2CCCC2=O)cc1. The van der Waals surface area contributed by atoms with Crippen molar-refractivity contribution in [1.82, 2.24) is 0 Å². The van der Waals surface area contributed by atoms with Crippen LogP contribution in [0.1, 0.15) is 26.2 Å². The molecule has 0 saturated carbocycles. The molecule has 1 N–H and O–H groups in total. The van der Waals surface area contributed by atoms with E-state index in [1.807, 2.05) is 31.2 Å². The Morgan fingerprint density at radius 3 is 2.56 bits per heavy atom. The summed E-state index contributed by atoms with van der Waals surface area (Å²) in [6.07, 6.45) is 1.40. The number of ether oxygens (including phenoxy) is 2. The smallest absolute Gasteiger partial charge is 0.265 e. The average Bonchev–Trinajstić information content (AvgIpc) is 3.12. The molecule has 1 aliphatic heterocycles. The summed E-state index contributed by atoms with van der Waals surface area (Å²) in [6.45, 7) is 2.64. The molecule has 142 valence electrons. The third kappa shape index (κ3) is 4.58. The van der Waals surface area contributed by atoms with E-state index in [2.05, 4.69) is 5.32 Å². The van der Waals surface area contributed by atoms with Crippen molar-refractivity contribution >= 4 is 23.2 Å². The van der Waals surface area contributed by atoms with E-state index >= 15 is 0 Å². The molecule has 1 unspecified atom stereocenters. The van der Waals surface area contributed by atoms with Gasteiger partial charge in [-0.15, -0.1) is 0 Å². The van der Waals surface area contributed by atoms with Crippen molar-refractivity contribution in [2.45, 2.75) is 32.3 Å². The van der Waals surface area contributed by atoms with Crippen LogP contribution in [-0.2, 0) is 9.59 Å². The van der Waals surface area contributed by atoms with Gasteiger partial charge in [-0.2, -0.15) is 0 Å². The highest BCUT2D eigenvalue weighted by Gasteiger charge is 2.22. The van der Waals surface area contributed by atoms with E-state index in [9.17, 15) is 9.59 Å². The lowest BCUT2D eigenvalue weighted by Crippen LogP contribution is -2.32. The van der Waals surface area contributed by atoms with Crippen molar-refractivity contribution < 1.29 is 19.1 Å². The van der Waals surface area contributed by atoms with Crippen LogP contribution >= 0.6 is 0 Å². The van der Waals surface area contributed by atoms with Gasteiger partial charge >= 0.3 is 0 Å². The molecule has 6 nitrogen and oxygen atoms in total. The molecule has 1 saturated heterocycles. The fraction of sp³-hybridized carbons (Fsp3) is 0.333. The summed E-state index contributed by atoms with van der Waals surface area (Å²) >= 11 is 0. The van der Waals surface area contributed by atoms with Crippen molar-refractivity contribution in [3.8, 4) is 11.5 Å². The van der Waals surface area contributed by atoms with Crippen molar-refractivity contribution in [3.05, 3.63) is 48.5 Å². The largest absolute Gasteiger partial charge is 0.497 e. The predicted octanol–water partition coefficient (Wildman–Crippen LogP) is 3.62. The molecular formula is C21H24N2O4. The van der Waals surface area contributed by atoms with Crippen molar-refractivity contribution in [2.75, 3.05) is 23.9 Å². The second-order valence-electron chi connectivity index (χ2n) is 6.38. The molecule has 2 amide bonds. The number of methoxy groups -OCH3 is 1. The Kier molecular flexibility index (Phi) is 5.96. The average molecular weight is 368 g/mol. The van der Waals surface area contributed by atoms with E-state index in [-0.39, 0.29) is 11.8 Å². The maximum Gasteiger partial charge on any atom is 0.265 e. The van der Waals surface area contributed by atoms with Crippen LogP contribution in [0.25, 0.3) is 0 Å². The van der Waals surface area contributed by atoms with Gasteiger partial charge in [0.15, 0.2) is 6.10 Å². The first-order chi connectivity index (χ1) is 13.1. The van der Waals surface area contributed by atoms with Crippen LogP contribution in [-0.4, -0.2) is 31.6 Å². The number of nitrogens with one attached hydrogen (secondary N) is 1. The third-order valence-electron chi connectivity index (χ3n) is 4.50. The van der Waals surface area contributed by atoms with Crippen LogP contribution in [0.3, 0.4) is 0 Å². The zero-order valence-electron chi connectivity index (χ0n) is 15.6. The van der Waals surface area contributed by atoms with Gasteiger partial charge in [-0.25, -0.2) is 0 Å². The Labute approximate surface area is 159 Å². The van der Waals surface area contributed by atoms with Gasteiger partial charge in [0.25, 0.3) is 5.91 Å². The fourth-order valence-corrected chi connectivity index (χ4v) is 3.03. The van der Waals surface area contributed by atoms with Gasteiger partial charge in [0.05, 0.1) is 7.11 Å². The van der Waals surface area contributed by atoms with Crippen LogP contribution in [0.5, 0.6) is 11.5 Å². The van der Waals surface area contributed by atoms with E-state index in [1.54, 1.807) is 36.3 Å². The lowest BCUT2D eigenvalue weighted by Gasteiger charge is -2.19. The molecule has 1 atom stereocenters. The summed E-state index contributed by atoms with van der Waals surface area (Å²) in [7, 11) is 1.59. The molecule has 1 aliphatic rings. The van der Waals surface area contributed by atoms with Gasteiger partial charge in [-0.1, -0.05) is 13.0 Å². The summed E-state index contributed by atoms with van der Waals surface area (Å²) in [5.74, 6) is 1.18. The van der Waals surface area contributed by atoms with E-state index in [0.29, 0.717) is 30.0 Å². The third-order valence-corrected chi connectivity index (χ3v) is 4.50. The van der Waals surface area contributed by atoms with Crippen LogP contribution in [0, 0.1) is 0 Å². The summed E-state index contributed by atoms with van der Waals surface area (Å²) in [5.41, 5.74) is 1.53. The summed E-state index contributed by atoms with van der Waals surface area (Å²) in [5, 5.41) is 2.87. The number of carbonyl (C=O) groups is 2. The van der Waals surface area contributed by atoms with Gasteiger partial charge < -0.3 is 19.7 Å². The van der Waals surface area contributed by atoms with Gasteiger partial charge in [0.1, 0.15) is 11.5 Å². The maximum atomic E-state index is 12.6. The zero-order valence-corrected chi connectivity index (χ0v) is 15.6. The number of benzene rings is 2. The second-order valence-corrected chi connectivity index (χ2v) is 6.38. The van der Waals surface area contributed by atoms with Gasteiger partial charge in [-0.3, -0.25) is 9.59 Å². The van der Waals surface area contributed by atoms with Crippen molar-refractivity contribution in [2.24, 2.45) is 0 Å². The highest BCUT2D eigenvalue weighted by atomic mass is 16.5. The molecule has 1 heterocycles. The Morgan fingerprint density at radius 1 is 1.19 bits per heavy atom. The number of hydrogen-bond donors (Lipinski definition) is 1. The van der Waals surface area contributed by atoms with E-state index in [1.165, 1.54) is 0 Å². The second kappa shape index (κ2) is 8.58. The topological polar surface area (TPSA) is 67.9 Å². The number of nitrogens with zero attached hydrogens (tertiary/aromatic N) is 1. The maximum absolute atomic E-state index is 12.6. The summed E-state index contributed by atoms with van der Waals surface area (Å²) in [6, 6.07) is 14.5. The number of hydrogen-bond acceptors (Lipinski definition) is 4. The quantitative estimate of drug-likeness (QED) is 0.811. The molecule has 0 spiro atoms. The van der Waals surface area contributed by atoms with Gasteiger partial charge in [0, 0.05) is 30.4 Å². The monoisotopic (exact) mass is 368 g/mol. The molecule has 1 fully saturated rings. The number of carbonyl (C=O) groups excluding carboxylic acids is 2. The Bertz CT molecular complexity index is 804. The normalized spacial score (nSPS) is 14.7. The van der Waals surface area contributed by atoms with Crippen LogP contribution in [0.15, 0.2) is 48.5 Å². The van der Waals surface area contributed by atoms with Crippen molar-refractivity contribution in [1.29, 1.82) is 0 Å². The van der Waals surface area contributed by atoms with Gasteiger partial charge in [-0.05, 0) is 49.2 Å². The molecule has 3 rings (SSSR count). The van der Waals surface area contributed by atoms with E-state index in [4.69, 9.17) is 9.47 Å². The summed E-state index contributed by atoms with van der Waals surface area (Å²) in [4.78, 5) is 26.1. The van der Waals surface area contributed by atoms with E-state index < -0.39 is 6.10 Å². The first kappa shape index (κ1) is 18.8. The standard InChI is InChI=1S/C21H24N2O4/c1-3-19(27-18-7-4-6-17(14-18)26-2)21(25)22-15-9-11-16(12-10-15)23-13-5-8-20(23)24/h4,6-7,9-12,14,19H,3,5,8,13H2,1-2H3,(H,22,25). The highest BCUT2D eigenvalue weighted by molar-refractivity contribution is 5.97. The molecule has 0 aliphatic carbocycles. The highest BCUT2D eigenvalue weighted by Crippen LogP contribution is 2.24. The zero-order chi connectivity index (χ0) is 19.2. The molecule has 0 radical (unpaired) electrons. The lowest BCUT2D eigenvalue weighted by atomic mass is 10.2. The van der Waals surface area contributed by atoms with Crippen LogP contribution in [0.4, 0.5) is 11.4 Å². The molecule has 6 heteroatoms. The lowest BCUT2D eigenvalue weighted by molar-refractivity contribution is -0.122. The van der Waals surface area contributed by atoms with Crippen LogP contribution in [0.2, 0.25) is 0 Å². The molecule has 2 aromatic carbocycles. The summed E-state index contributed by atoms with van der Waals surface area (Å²) < 4.78 is 11.0. The molecule has 27 heavy (non-hydrogen) atoms. The number of rotatable bonds is 7. The molecule has 2 aromatic rings. The first-order valence-electron chi connectivity index (χ1n) is 9.12. The molecule has 0 aromatic heterocycles.